The van der Waals surface area contributed by atoms with Gasteiger partial charge in [0, 0.05) is 23.3 Å². The number of hydrogen-bond acceptors (Lipinski definition) is 4. The smallest absolute Gasteiger partial charge is 0.313 e. The fraction of sp³-hybridized carbons (Fsp3) is 0.222. The zero-order chi connectivity index (χ0) is 17.6. The Morgan fingerprint density at radius 1 is 1.00 bits per heavy atom. The molecule has 0 aliphatic carbocycles. The Hall–Kier alpha value is -2.73. The van der Waals surface area contributed by atoms with Gasteiger partial charge in [-0.15, -0.1) is 0 Å². The predicted molar refractivity (Wildman–Crippen MR) is 94.2 cm³/mol. The highest BCUT2D eigenvalue weighted by atomic mass is 35.5. The van der Waals surface area contributed by atoms with E-state index >= 15 is 0 Å². The van der Waals surface area contributed by atoms with Crippen molar-refractivity contribution in [3.8, 4) is 11.5 Å². The van der Waals surface area contributed by atoms with Crippen LogP contribution in [0.15, 0.2) is 42.5 Å². The quantitative estimate of drug-likeness (QED) is 0.821. The molecular weight excluding hydrogens is 344 g/mol. The molecule has 3 rings (SSSR count). The number of fused-ring (bicyclic) bond motifs is 1. The van der Waals surface area contributed by atoms with Gasteiger partial charge in [0.05, 0.1) is 0 Å². The van der Waals surface area contributed by atoms with E-state index < -0.39 is 11.8 Å². The summed E-state index contributed by atoms with van der Waals surface area (Å²) in [5.41, 5.74) is 1.46. The fourth-order valence-electron chi connectivity index (χ4n) is 2.40. The van der Waals surface area contributed by atoms with Crippen LogP contribution in [-0.2, 0) is 16.0 Å². The molecule has 0 fully saturated rings. The van der Waals surface area contributed by atoms with E-state index in [2.05, 4.69) is 10.6 Å². The number of nitrogens with one attached hydrogen (secondary N) is 2. The molecule has 0 aromatic heterocycles. The molecule has 0 spiro atoms. The minimum atomic E-state index is -0.734. The molecule has 1 heterocycles. The third-order valence-corrected chi connectivity index (χ3v) is 3.83. The molecule has 1 aliphatic rings. The van der Waals surface area contributed by atoms with E-state index in [4.69, 9.17) is 21.1 Å². The van der Waals surface area contributed by atoms with Gasteiger partial charge in [-0.2, -0.15) is 0 Å². The van der Waals surface area contributed by atoms with Gasteiger partial charge < -0.3 is 20.1 Å². The van der Waals surface area contributed by atoms with Gasteiger partial charge in [-0.3, -0.25) is 9.59 Å². The van der Waals surface area contributed by atoms with Gasteiger partial charge in [0.15, 0.2) is 11.5 Å². The number of hydrogen-bond donors (Lipinski definition) is 2. The lowest BCUT2D eigenvalue weighted by atomic mass is 10.1. The molecule has 0 saturated heterocycles. The van der Waals surface area contributed by atoms with E-state index in [1.165, 1.54) is 0 Å². The highest BCUT2D eigenvalue weighted by Gasteiger charge is 2.16. The zero-order valence-corrected chi connectivity index (χ0v) is 14.1. The number of anilines is 1. The van der Waals surface area contributed by atoms with Crippen LogP contribution in [0.3, 0.4) is 0 Å². The Bertz CT molecular complexity index is 794. The highest BCUT2D eigenvalue weighted by Crippen LogP contribution is 2.32. The van der Waals surface area contributed by atoms with Crippen molar-refractivity contribution in [3.63, 3.8) is 0 Å². The lowest BCUT2D eigenvalue weighted by Gasteiger charge is -2.18. The van der Waals surface area contributed by atoms with Crippen LogP contribution in [0.1, 0.15) is 5.56 Å². The van der Waals surface area contributed by atoms with Crippen molar-refractivity contribution >= 4 is 29.1 Å². The SMILES string of the molecule is O=C(NCCc1cccc(Cl)c1)C(=O)Nc1ccc2c(c1)OCCO2. The molecule has 0 radical (unpaired) electrons. The average molecular weight is 361 g/mol. The topological polar surface area (TPSA) is 76.7 Å². The predicted octanol–water partition coefficient (Wildman–Crippen LogP) is 2.41. The van der Waals surface area contributed by atoms with Gasteiger partial charge in [-0.25, -0.2) is 0 Å². The van der Waals surface area contributed by atoms with Crippen LogP contribution in [-0.4, -0.2) is 31.6 Å². The van der Waals surface area contributed by atoms with Crippen LogP contribution >= 0.6 is 11.6 Å². The van der Waals surface area contributed by atoms with Crippen molar-refractivity contribution in [2.45, 2.75) is 6.42 Å². The molecule has 130 valence electrons. The normalized spacial score (nSPS) is 12.4. The summed E-state index contributed by atoms with van der Waals surface area (Å²) in [4.78, 5) is 23.8. The molecule has 7 heteroatoms. The first-order valence-corrected chi connectivity index (χ1v) is 8.23. The van der Waals surface area contributed by atoms with Gasteiger partial charge >= 0.3 is 11.8 Å². The second-order valence-corrected chi connectivity index (χ2v) is 5.88. The van der Waals surface area contributed by atoms with Crippen LogP contribution in [0.25, 0.3) is 0 Å². The number of carbonyl (C=O) groups excluding carboxylic acids is 2. The van der Waals surface area contributed by atoms with E-state index in [-0.39, 0.29) is 0 Å². The molecule has 2 aromatic carbocycles. The molecular formula is C18H17ClN2O4. The summed E-state index contributed by atoms with van der Waals surface area (Å²) in [5, 5.41) is 5.76. The van der Waals surface area contributed by atoms with Crippen LogP contribution in [0.5, 0.6) is 11.5 Å². The van der Waals surface area contributed by atoms with E-state index in [0.29, 0.717) is 48.4 Å². The van der Waals surface area contributed by atoms with E-state index in [1.54, 1.807) is 24.3 Å². The van der Waals surface area contributed by atoms with Crippen LogP contribution in [0.4, 0.5) is 5.69 Å². The lowest BCUT2D eigenvalue weighted by Crippen LogP contribution is -2.36. The van der Waals surface area contributed by atoms with Gasteiger partial charge in [-0.1, -0.05) is 23.7 Å². The summed E-state index contributed by atoms with van der Waals surface area (Å²) in [5.74, 6) is -0.264. The largest absolute Gasteiger partial charge is 0.486 e. The van der Waals surface area contributed by atoms with Crippen LogP contribution in [0.2, 0.25) is 5.02 Å². The van der Waals surface area contributed by atoms with Crippen LogP contribution in [0, 0.1) is 0 Å². The van der Waals surface area contributed by atoms with Crippen molar-refractivity contribution < 1.29 is 19.1 Å². The third kappa shape index (κ3) is 4.64. The number of benzene rings is 2. The van der Waals surface area contributed by atoms with Gasteiger partial charge in [0.2, 0.25) is 0 Å². The number of rotatable bonds is 4. The number of halogens is 1. The average Bonchev–Trinajstić information content (AvgIpc) is 2.61. The Labute approximate surface area is 150 Å². The molecule has 0 bridgehead atoms. The van der Waals surface area contributed by atoms with E-state index in [0.717, 1.165) is 5.56 Å². The van der Waals surface area contributed by atoms with E-state index in [1.807, 2.05) is 18.2 Å². The third-order valence-electron chi connectivity index (χ3n) is 3.59. The van der Waals surface area contributed by atoms with Crippen LogP contribution < -0.4 is 20.1 Å². The first-order valence-electron chi connectivity index (χ1n) is 7.85. The van der Waals surface area contributed by atoms with Crippen molar-refractivity contribution in [2.24, 2.45) is 0 Å². The van der Waals surface area contributed by atoms with Crippen molar-refractivity contribution in [2.75, 3.05) is 25.1 Å². The molecule has 0 saturated carbocycles. The Morgan fingerprint density at radius 2 is 1.80 bits per heavy atom. The summed E-state index contributed by atoms with van der Waals surface area (Å²) in [6.07, 6.45) is 0.587. The molecule has 1 aliphatic heterocycles. The van der Waals surface area contributed by atoms with Crippen molar-refractivity contribution in [1.82, 2.24) is 5.32 Å². The molecule has 0 atom stereocenters. The zero-order valence-electron chi connectivity index (χ0n) is 13.4. The first kappa shape index (κ1) is 17.1. The van der Waals surface area contributed by atoms with Crippen molar-refractivity contribution in [1.29, 1.82) is 0 Å². The first-order chi connectivity index (χ1) is 12.1. The Kier molecular flexibility index (Phi) is 5.40. The molecule has 2 aromatic rings. The summed E-state index contributed by atoms with van der Waals surface area (Å²) >= 11 is 5.91. The molecule has 0 unspecified atom stereocenters. The summed E-state index contributed by atoms with van der Waals surface area (Å²) in [6.45, 7) is 1.29. The monoisotopic (exact) mass is 360 g/mol. The summed E-state index contributed by atoms with van der Waals surface area (Å²) in [7, 11) is 0. The van der Waals surface area contributed by atoms with Crippen molar-refractivity contribution in [3.05, 3.63) is 53.1 Å². The molecule has 2 amide bonds. The minimum Gasteiger partial charge on any atom is -0.486 e. The maximum absolute atomic E-state index is 12.0. The Balaban J connectivity index is 1.50. The van der Waals surface area contributed by atoms with Gasteiger partial charge in [0.1, 0.15) is 13.2 Å². The second kappa shape index (κ2) is 7.90. The standard InChI is InChI=1S/C18H17ClN2O4/c19-13-3-1-2-12(10-13)6-7-20-17(22)18(23)21-14-4-5-15-16(11-14)25-9-8-24-15/h1-5,10-11H,6-9H2,(H,20,22)(H,21,23). The minimum absolute atomic E-state index is 0.341. The van der Waals surface area contributed by atoms with Gasteiger partial charge in [0.25, 0.3) is 0 Å². The number of carbonyl (C=O) groups is 2. The molecule has 2 N–H and O–H groups in total. The summed E-state index contributed by atoms with van der Waals surface area (Å²) in [6, 6.07) is 12.3. The van der Waals surface area contributed by atoms with E-state index in [9.17, 15) is 9.59 Å². The molecule has 25 heavy (non-hydrogen) atoms. The lowest BCUT2D eigenvalue weighted by molar-refractivity contribution is -0.136. The second-order valence-electron chi connectivity index (χ2n) is 5.45. The molecule has 6 nitrogen and oxygen atoms in total. The number of ether oxygens (including phenoxy) is 2. The highest BCUT2D eigenvalue weighted by molar-refractivity contribution is 6.39. The van der Waals surface area contributed by atoms with Gasteiger partial charge in [-0.05, 0) is 36.2 Å². The maximum Gasteiger partial charge on any atom is 0.313 e. The summed E-state index contributed by atoms with van der Waals surface area (Å²) < 4.78 is 10.9. The maximum atomic E-state index is 12.0. The Morgan fingerprint density at radius 3 is 2.60 bits per heavy atom. The number of amides is 2. The fourth-order valence-corrected chi connectivity index (χ4v) is 2.61.